The first-order chi connectivity index (χ1) is 15.1. The zero-order chi connectivity index (χ0) is 22.9. The van der Waals surface area contributed by atoms with Crippen LogP contribution < -0.4 is 10.6 Å². The summed E-state index contributed by atoms with van der Waals surface area (Å²) in [6.45, 7) is 5.09. The number of morpholine rings is 1. The monoisotopic (exact) mass is 457 g/mol. The van der Waals surface area contributed by atoms with E-state index >= 15 is 0 Å². The van der Waals surface area contributed by atoms with Gasteiger partial charge in [-0.15, -0.1) is 0 Å². The first kappa shape index (κ1) is 23.4. The molecule has 3 saturated heterocycles. The van der Waals surface area contributed by atoms with Gasteiger partial charge in [-0.05, 0) is 49.9 Å². The molecule has 1 aliphatic carbocycles. The van der Waals surface area contributed by atoms with Gasteiger partial charge in [0.05, 0.1) is 30.4 Å². The van der Waals surface area contributed by atoms with Crippen LogP contribution in [0.4, 0.5) is 13.2 Å². The smallest absolute Gasteiger partial charge is 0.373 e. The Labute approximate surface area is 185 Å². The third kappa shape index (κ3) is 5.43. The van der Waals surface area contributed by atoms with Crippen molar-refractivity contribution in [3.05, 3.63) is 34.9 Å². The molecule has 7 nitrogen and oxygen atoms in total. The van der Waals surface area contributed by atoms with E-state index in [9.17, 15) is 18.0 Å². The van der Waals surface area contributed by atoms with Crippen molar-refractivity contribution in [2.24, 2.45) is 5.41 Å². The van der Waals surface area contributed by atoms with E-state index in [0.717, 1.165) is 32.4 Å². The highest BCUT2D eigenvalue weighted by atomic mass is 19.4. The molecule has 5 rings (SSSR count). The maximum absolute atomic E-state index is 12.8. The van der Waals surface area contributed by atoms with Gasteiger partial charge >= 0.3 is 6.18 Å². The van der Waals surface area contributed by atoms with Gasteiger partial charge in [0.15, 0.2) is 0 Å². The van der Waals surface area contributed by atoms with Crippen molar-refractivity contribution in [3.63, 3.8) is 0 Å². The molecule has 32 heavy (non-hydrogen) atoms. The van der Waals surface area contributed by atoms with Gasteiger partial charge in [0.2, 0.25) is 5.91 Å². The van der Waals surface area contributed by atoms with Gasteiger partial charge in [-0.3, -0.25) is 4.79 Å². The van der Waals surface area contributed by atoms with Gasteiger partial charge in [-0.25, -0.2) is 0 Å². The topological polar surface area (TPSA) is 83.1 Å². The highest BCUT2D eigenvalue weighted by Gasteiger charge is 2.52. The van der Waals surface area contributed by atoms with Crippen LogP contribution >= 0.6 is 0 Å². The molecule has 4 fully saturated rings. The van der Waals surface area contributed by atoms with Crippen LogP contribution in [-0.4, -0.2) is 67.2 Å². The number of carbonyl (C=O) groups is 1. The van der Waals surface area contributed by atoms with Gasteiger partial charge in [0.1, 0.15) is 6.61 Å². The fourth-order valence-corrected chi connectivity index (χ4v) is 4.90. The summed E-state index contributed by atoms with van der Waals surface area (Å²) in [7, 11) is 0. The summed E-state index contributed by atoms with van der Waals surface area (Å²) in [6.07, 6.45) is -1.23. The number of hydrogen-bond donors (Lipinski definition) is 3. The third-order valence-electron chi connectivity index (χ3n) is 6.64. The molecule has 2 atom stereocenters. The normalized spacial score (nSPS) is 27.5. The molecule has 178 valence electrons. The fraction of sp³-hybridized carbons (Fsp3) is 0.682. The lowest BCUT2D eigenvalue weighted by Crippen LogP contribution is -2.62. The first-order valence-corrected chi connectivity index (χ1v) is 11.0. The largest absolute Gasteiger partial charge is 0.416 e. The van der Waals surface area contributed by atoms with Gasteiger partial charge in [0, 0.05) is 25.0 Å². The molecule has 1 aromatic rings. The number of ether oxygens (including phenoxy) is 2. The second-order valence-corrected chi connectivity index (χ2v) is 9.33. The SMILES string of the molecule is Cc1ccc(COC2CC3(C2)CN(O)C3)cc1C(F)(F)F.O=C1CO[C@H]2CCNC[C@H]2N1. The number of halogens is 3. The number of nitrogens with one attached hydrogen (secondary N) is 2. The summed E-state index contributed by atoms with van der Waals surface area (Å²) in [5.74, 6) is 0.00921. The van der Waals surface area contributed by atoms with Gasteiger partial charge < -0.3 is 25.3 Å². The van der Waals surface area contributed by atoms with Crippen molar-refractivity contribution in [1.82, 2.24) is 15.7 Å². The van der Waals surface area contributed by atoms with Crippen LogP contribution in [-0.2, 0) is 27.1 Å². The Morgan fingerprint density at radius 1 is 1.31 bits per heavy atom. The summed E-state index contributed by atoms with van der Waals surface area (Å²) in [5.41, 5.74) is 0.366. The van der Waals surface area contributed by atoms with Crippen LogP contribution in [0.2, 0.25) is 0 Å². The highest BCUT2D eigenvalue weighted by molar-refractivity contribution is 5.78. The number of fused-ring (bicyclic) bond motifs is 1. The number of nitrogens with zero attached hydrogens (tertiary/aromatic N) is 1. The lowest BCUT2D eigenvalue weighted by Gasteiger charge is -2.56. The zero-order valence-electron chi connectivity index (χ0n) is 18.1. The summed E-state index contributed by atoms with van der Waals surface area (Å²) in [5, 5.41) is 16.5. The molecule has 0 unspecified atom stereocenters. The third-order valence-corrected chi connectivity index (χ3v) is 6.64. The lowest BCUT2D eigenvalue weighted by atomic mass is 9.62. The Hall–Kier alpha value is -1.72. The Kier molecular flexibility index (Phi) is 6.78. The molecule has 0 bridgehead atoms. The second-order valence-electron chi connectivity index (χ2n) is 9.33. The minimum Gasteiger partial charge on any atom is -0.373 e. The lowest BCUT2D eigenvalue weighted by molar-refractivity contribution is -0.257. The van der Waals surface area contributed by atoms with Gasteiger partial charge in [-0.2, -0.15) is 18.2 Å². The highest BCUT2D eigenvalue weighted by Crippen LogP contribution is 2.49. The summed E-state index contributed by atoms with van der Waals surface area (Å²) in [6, 6.07) is 4.53. The molecule has 1 amide bonds. The van der Waals surface area contributed by atoms with Gasteiger partial charge in [-0.1, -0.05) is 12.1 Å². The molecule has 3 aliphatic heterocycles. The molecule has 1 saturated carbocycles. The molecule has 3 heterocycles. The number of piperidine rings is 1. The number of rotatable bonds is 3. The molecule has 1 spiro atoms. The number of hydrogen-bond acceptors (Lipinski definition) is 6. The molecular formula is C22H30F3N3O4. The standard InChI is InChI=1S/C15H18F3NO2.C7H12N2O2/c1-10-2-3-11(4-13(10)15(16,17)18)7-21-12-5-14(6-12)8-19(20)9-14;10-7-4-11-6-1-2-8-3-5(6)9-7/h2-4,12,20H,5-9H2,1H3;5-6,8H,1-4H2,(H,9,10)/t;5-,6+/m.1/s1. The first-order valence-electron chi connectivity index (χ1n) is 11.0. The number of alkyl halides is 3. The Balaban J connectivity index is 0.000000186. The van der Waals surface area contributed by atoms with E-state index in [1.165, 1.54) is 24.1 Å². The molecular weight excluding hydrogens is 427 g/mol. The van der Waals surface area contributed by atoms with E-state index < -0.39 is 11.7 Å². The van der Waals surface area contributed by atoms with Crippen molar-refractivity contribution in [1.29, 1.82) is 0 Å². The van der Waals surface area contributed by atoms with Crippen molar-refractivity contribution in [2.45, 2.75) is 57.2 Å². The molecule has 1 aromatic carbocycles. The van der Waals surface area contributed by atoms with E-state index in [1.807, 2.05) is 0 Å². The molecule has 4 aliphatic rings. The quantitative estimate of drug-likeness (QED) is 0.646. The number of aryl methyl sites for hydroxylation is 1. The second kappa shape index (κ2) is 9.26. The van der Waals surface area contributed by atoms with E-state index in [2.05, 4.69) is 10.6 Å². The van der Waals surface area contributed by atoms with E-state index in [1.54, 1.807) is 6.07 Å². The van der Waals surface area contributed by atoms with Crippen LogP contribution in [0.15, 0.2) is 18.2 Å². The fourth-order valence-electron chi connectivity index (χ4n) is 4.90. The van der Waals surface area contributed by atoms with Gasteiger partial charge in [0.25, 0.3) is 0 Å². The number of carbonyl (C=O) groups excluding carboxylic acids is 1. The number of hydroxylamine groups is 2. The van der Waals surface area contributed by atoms with E-state index in [-0.39, 0.29) is 48.3 Å². The zero-order valence-corrected chi connectivity index (χ0v) is 18.1. The van der Waals surface area contributed by atoms with Crippen LogP contribution in [0.25, 0.3) is 0 Å². The van der Waals surface area contributed by atoms with Crippen molar-refractivity contribution >= 4 is 5.91 Å². The van der Waals surface area contributed by atoms with Crippen molar-refractivity contribution in [3.8, 4) is 0 Å². The summed E-state index contributed by atoms with van der Waals surface area (Å²) < 4.78 is 49.5. The maximum atomic E-state index is 12.8. The minimum absolute atomic E-state index is 0.00921. The predicted molar refractivity (Wildman–Crippen MR) is 109 cm³/mol. The van der Waals surface area contributed by atoms with Crippen LogP contribution in [0, 0.1) is 12.3 Å². The predicted octanol–water partition coefficient (Wildman–Crippen LogP) is 2.25. The van der Waals surface area contributed by atoms with Crippen molar-refractivity contribution in [2.75, 3.05) is 32.8 Å². The Morgan fingerprint density at radius 3 is 2.75 bits per heavy atom. The van der Waals surface area contributed by atoms with Crippen molar-refractivity contribution < 1.29 is 32.6 Å². The number of amides is 1. The number of benzene rings is 1. The molecule has 0 aromatic heterocycles. The minimum atomic E-state index is -4.32. The van der Waals surface area contributed by atoms with Crippen LogP contribution in [0.5, 0.6) is 0 Å². The molecule has 10 heteroatoms. The Morgan fingerprint density at radius 2 is 2.06 bits per heavy atom. The van der Waals surface area contributed by atoms with Crippen LogP contribution in [0.1, 0.15) is 36.0 Å². The van der Waals surface area contributed by atoms with E-state index in [4.69, 9.17) is 14.7 Å². The molecule has 3 N–H and O–H groups in total. The van der Waals surface area contributed by atoms with E-state index in [0.29, 0.717) is 18.7 Å². The summed E-state index contributed by atoms with van der Waals surface area (Å²) in [4.78, 5) is 10.9. The average Bonchev–Trinajstić information content (AvgIpc) is 2.69. The van der Waals surface area contributed by atoms with Crippen LogP contribution in [0.3, 0.4) is 0 Å². The average molecular weight is 457 g/mol. The maximum Gasteiger partial charge on any atom is 0.416 e. The Bertz CT molecular complexity index is 821. The molecule has 0 radical (unpaired) electrons. The summed E-state index contributed by atoms with van der Waals surface area (Å²) >= 11 is 0.